The second-order valence-corrected chi connectivity index (χ2v) is 6.78. The molecule has 106 valence electrons. The lowest BCUT2D eigenvalue weighted by Gasteiger charge is -2.07. The molecule has 1 heterocycles. The molecule has 0 atom stereocenters. The van der Waals surface area contributed by atoms with Gasteiger partial charge in [-0.1, -0.05) is 0 Å². The first-order valence-corrected chi connectivity index (χ1v) is 7.98. The van der Waals surface area contributed by atoms with Gasteiger partial charge in [-0.3, -0.25) is 9.97 Å². The quantitative estimate of drug-likeness (QED) is 0.810. The zero-order chi connectivity index (χ0) is 14.8. The standard InChI is InChI=1S/C12H13BrN4O2S/c1-8-5-16-9(6-15-8)7-17-20(18,19)10-2-3-12(14)11(13)4-10/h2-6,17H,7,14H2,1H3. The summed E-state index contributed by atoms with van der Waals surface area (Å²) < 4.78 is 27.2. The summed E-state index contributed by atoms with van der Waals surface area (Å²) >= 11 is 3.20. The van der Waals surface area contributed by atoms with Crippen LogP contribution in [0.4, 0.5) is 5.69 Å². The van der Waals surface area contributed by atoms with Gasteiger partial charge in [0.2, 0.25) is 10.0 Å². The van der Waals surface area contributed by atoms with Crippen LogP contribution in [0.2, 0.25) is 0 Å². The molecule has 2 rings (SSSR count). The number of nitrogens with two attached hydrogens (primary N) is 1. The van der Waals surface area contributed by atoms with Gasteiger partial charge in [0.05, 0.1) is 29.0 Å². The molecule has 8 heteroatoms. The summed E-state index contributed by atoms with van der Waals surface area (Å²) in [6.07, 6.45) is 3.13. The van der Waals surface area contributed by atoms with Crippen molar-refractivity contribution in [2.75, 3.05) is 5.73 Å². The molecule has 0 unspecified atom stereocenters. The van der Waals surface area contributed by atoms with Gasteiger partial charge in [-0.15, -0.1) is 0 Å². The second kappa shape index (κ2) is 5.86. The third kappa shape index (κ3) is 3.53. The van der Waals surface area contributed by atoms with E-state index >= 15 is 0 Å². The highest BCUT2D eigenvalue weighted by atomic mass is 79.9. The highest BCUT2D eigenvalue weighted by molar-refractivity contribution is 9.10. The molecule has 0 radical (unpaired) electrons. The Morgan fingerprint density at radius 1 is 1.30 bits per heavy atom. The van der Waals surface area contributed by atoms with E-state index < -0.39 is 10.0 Å². The lowest BCUT2D eigenvalue weighted by atomic mass is 10.3. The smallest absolute Gasteiger partial charge is 0.240 e. The summed E-state index contributed by atoms with van der Waals surface area (Å²) in [5.41, 5.74) is 7.44. The van der Waals surface area contributed by atoms with Crippen LogP contribution in [0.25, 0.3) is 0 Å². The number of hydrogen-bond donors (Lipinski definition) is 2. The zero-order valence-electron chi connectivity index (χ0n) is 10.7. The van der Waals surface area contributed by atoms with Crippen molar-refractivity contribution in [2.24, 2.45) is 0 Å². The maximum Gasteiger partial charge on any atom is 0.240 e. The third-order valence-electron chi connectivity index (χ3n) is 2.56. The van der Waals surface area contributed by atoms with Crippen LogP contribution in [-0.4, -0.2) is 18.4 Å². The summed E-state index contributed by atoms with van der Waals surface area (Å²) in [7, 11) is -3.61. The van der Waals surface area contributed by atoms with Gasteiger partial charge in [0, 0.05) is 16.4 Å². The van der Waals surface area contributed by atoms with Crippen LogP contribution in [0.5, 0.6) is 0 Å². The van der Waals surface area contributed by atoms with Crippen molar-refractivity contribution in [1.29, 1.82) is 0 Å². The van der Waals surface area contributed by atoms with Gasteiger partial charge >= 0.3 is 0 Å². The predicted molar refractivity (Wildman–Crippen MR) is 79.3 cm³/mol. The van der Waals surface area contributed by atoms with Crippen molar-refractivity contribution >= 4 is 31.6 Å². The Balaban J connectivity index is 2.14. The van der Waals surface area contributed by atoms with E-state index in [9.17, 15) is 8.42 Å². The van der Waals surface area contributed by atoms with Crippen LogP contribution >= 0.6 is 15.9 Å². The van der Waals surface area contributed by atoms with Crippen molar-refractivity contribution in [2.45, 2.75) is 18.4 Å². The molecular weight excluding hydrogens is 344 g/mol. The van der Waals surface area contributed by atoms with Crippen molar-refractivity contribution in [3.8, 4) is 0 Å². The van der Waals surface area contributed by atoms with Gasteiger partial charge in [0.15, 0.2) is 0 Å². The Hall–Kier alpha value is -1.51. The van der Waals surface area contributed by atoms with Crippen LogP contribution in [-0.2, 0) is 16.6 Å². The van der Waals surface area contributed by atoms with Crippen molar-refractivity contribution in [3.63, 3.8) is 0 Å². The fourth-order valence-electron chi connectivity index (χ4n) is 1.44. The van der Waals surface area contributed by atoms with E-state index in [1.807, 2.05) is 6.92 Å². The number of hydrogen-bond acceptors (Lipinski definition) is 5. The maximum atomic E-state index is 12.1. The number of nitrogens with one attached hydrogen (secondary N) is 1. The molecule has 0 aliphatic heterocycles. The summed E-state index contributed by atoms with van der Waals surface area (Å²) in [4.78, 5) is 8.28. The van der Waals surface area contributed by atoms with E-state index in [4.69, 9.17) is 5.73 Å². The summed E-state index contributed by atoms with van der Waals surface area (Å²) in [6.45, 7) is 1.89. The number of aromatic nitrogens is 2. The maximum absolute atomic E-state index is 12.1. The van der Waals surface area contributed by atoms with Gasteiger partial charge < -0.3 is 5.73 Å². The van der Waals surface area contributed by atoms with Crippen LogP contribution in [0.15, 0.2) is 40.0 Å². The van der Waals surface area contributed by atoms with Gasteiger partial charge in [-0.2, -0.15) is 0 Å². The van der Waals surface area contributed by atoms with Gasteiger partial charge in [0.25, 0.3) is 0 Å². The SMILES string of the molecule is Cc1cnc(CNS(=O)(=O)c2ccc(N)c(Br)c2)cn1. The normalized spacial score (nSPS) is 11.5. The highest BCUT2D eigenvalue weighted by Gasteiger charge is 2.15. The van der Waals surface area contributed by atoms with Crippen LogP contribution < -0.4 is 10.5 Å². The molecule has 0 amide bonds. The van der Waals surface area contributed by atoms with E-state index in [0.29, 0.717) is 15.9 Å². The molecule has 6 nitrogen and oxygen atoms in total. The number of nitrogen functional groups attached to an aromatic ring is 1. The molecule has 0 fully saturated rings. The number of anilines is 1. The molecule has 0 saturated carbocycles. The number of benzene rings is 1. The molecule has 0 aliphatic rings. The molecule has 3 N–H and O–H groups in total. The summed E-state index contributed by atoms with van der Waals surface area (Å²) in [5.74, 6) is 0. The lowest BCUT2D eigenvalue weighted by molar-refractivity contribution is 0.580. The minimum Gasteiger partial charge on any atom is -0.398 e. The van der Waals surface area contributed by atoms with Crippen LogP contribution in [0.3, 0.4) is 0 Å². The summed E-state index contributed by atoms with van der Waals surface area (Å²) in [5, 5.41) is 0. The number of rotatable bonds is 4. The van der Waals surface area contributed by atoms with E-state index in [-0.39, 0.29) is 11.4 Å². The van der Waals surface area contributed by atoms with Gasteiger partial charge in [-0.25, -0.2) is 13.1 Å². The van der Waals surface area contributed by atoms with Crippen molar-refractivity contribution in [3.05, 3.63) is 46.5 Å². The van der Waals surface area contributed by atoms with Gasteiger partial charge in [-0.05, 0) is 41.1 Å². The fourth-order valence-corrected chi connectivity index (χ4v) is 2.99. The molecule has 20 heavy (non-hydrogen) atoms. The van der Waals surface area contributed by atoms with Crippen molar-refractivity contribution < 1.29 is 8.42 Å². The Labute approximate surface area is 125 Å². The molecular formula is C12H13BrN4O2S. The Bertz CT molecular complexity index is 717. The molecule has 0 aliphatic carbocycles. The predicted octanol–water partition coefficient (Wildman–Crippen LogP) is 1.61. The van der Waals surface area contributed by atoms with Crippen LogP contribution in [0, 0.1) is 6.92 Å². The topological polar surface area (TPSA) is 98.0 Å². The molecule has 0 bridgehead atoms. The number of halogens is 1. The summed E-state index contributed by atoms with van der Waals surface area (Å²) in [6, 6.07) is 4.44. The number of nitrogens with zero attached hydrogens (tertiary/aromatic N) is 2. The first-order valence-electron chi connectivity index (χ1n) is 5.71. The number of sulfonamides is 1. The average Bonchev–Trinajstić information content (AvgIpc) is 2.41. The minimum absolute atomic E-state index is 0.0810. The first-order chi connectivity index (χ1) is 9.38. The lowest BCUT2D eigenvalue weighted by Crippen LogP contribution is -2.23. The van der Waals surface area contributed by atoms with Gasteiger partial charge in [0.1, 0.15) is 0 Å². The molecule has 1 aromatic heterocycles. The fraction of sp³-hybridized carbons (Fsp3) is 0.167. The first kappa shape index (κ1) is 14.9. The number of aryl methyl sites for hydroxylation is 1. The average molecular weight is 357 g/mol. The largest absolute Gasteiger partial charge is 0.398 e. The Morgan fingerprint density at radius 2 is 2.05 bits per heavy atom. The van der Waals surface area contributed by atoms with E-state index in [1.54, 1.807) is 6.20 Å². The third-order valence-corrected chi connectivity index (χ3v) is 4.65. The van der Waals surface area contributed by atoms with Crippen LogP contribution in [0.1, 0.15) is 11.4 Å². The van der Waals surface area contributed by atoms with E-state index in [2.05, 4.69) is 30.6 Å². The highest BCUT2D eigenvalue weighted by Crippen LogP contribution is 2.22. The minimum atomic E-state index is -3.61. The Morgan fingerprint density at radius 3 is 2.65 bits per heavy atom. The van der Waals surface area contributed by atoms with E-state index in [1.165, 1.54) is 24.4 Å². The molecule has 2 aromatic rings. The zero-order valence-corrected chi connectivity index (χ0v) is 13.1. The molecule has 0 saturated heterocycles. The van der Waals surface area contributed by atoms with E-state index in [0.717, 1.165) is 5.69 Å². The molecule has 0 spiro atoms. The Kier molecular flexibility index (Phi) is 4.36. The monoisotopic (exact) mass is 356 g/mol. The molecule has 1 aromatic carbocycles. The van der Waals surface area contributed by atoms with Crippen molar-refractivity contribution in [1.82, 2.24) is 14.7 Å². The second-order valence-electron chi connectivity index (χ2n) is 4.16.